The van der Waals surface area contributed by atoms with E-state index in [4.69, 9.17) is 10.8 Å². The molecule has 0 aliphatic carbocycles. The normalized spacial score (nSPS) is 11.5. The van der Waals surface area contributed by atoms with Gasteiger partial charge in [-0.15, -0.1) is 0 Å². The van der Waals surface area contributed by atoms with E-state index in [0.717, 1.165) is 0 Å². The lowest BCUT2D eigenvalue weighted by Crippen LogP contribution is -2.46. The number of hydrogen-bond acceptors (Lipinski definition) is 4. The molecule has 0 aliphatic heterocycles. The number of aromatic nitrogens is 2. The molecule has 0 saturated heterocycles. The van der Waals surface area contributed by atoms with Gasteiger partial charge in [0.25, 0.3) is 5.91 Å². The summed E-state index contributed by atoms with van der Waals surface area (Å²) in [7, 11) is 1.64. The standard InChI is InChI=1S/C9H16N4O2/c1-9(2,5-14)12-8(15)7-6(10)4-11-13(7)3/h4,14H,5,10H2,1-3H3,(H,12,15). The minimum atomic E-state index is -0.673. The molecule has 1 rings (SSSR count). The van der Waals surface area contributed by atoms with Gasteiger partial charge < -0.3 is 16.2 Å². The van der Waals surface area contributed by atoms with E-state index in [1.165, 1.54) is 10.9 Å². The van der Waals surface area contributed by atoms with Crippen LogP contribution in [0, 0.1) is 0 Å². The number of nitrogens with one attached hydrogen (secondary N) is 1. The van der Waals surface area contributed by atoms with Gasteiger partial charge in [0.2, 0.25) is 0 Å². The first kappa shape index (κ1) is 11.5. The summed E-state index contributed by atoms with van der Waals surface area (Å²) >= 11 is 0. The van der Waals surface area contributed by atoms with Crippen molar-refractivity contribution in [2.45, 2.75) is 19.4 Å². The molecule has 1 aromatic rings. The zero-order valence-corrected chi connectivity index (χ0v) is 9.11. The quantitative estimate of drug-likeness (QED) is 0.630. The Morgan fingerprint density at radius 3 is 2.73 bits per heavy atom. The monoisotopic (exact) mass is 212 g/mol. The number of aliphatic hydroxyl groups is 1. The summed E-state index contributed by atoms with van der Waals surface area (Å²) in [6, 6.07) is 0. The van der Waals surface area contributed by atoms with E-state index in [2.05, 4.69) is 10.4 Å². The smallest absolute Gasteiger partial charge is 0.272 e. The maximum atomic E-state index is 11.8. The van der Waals surface area contributed by atoms with Crippen LogP contribution in [0.5, 0.6) is 0 Å². The van der Waals surface area contributed by atoms with Crippen LogP contribution in [0.15, 0.2) is 6.20 Å². The largest absolute Gasteiger partial charge is 0.396 e. The number of carbonyl (C=O) groups excluding carboxylic acids is 1. The van der Waals surface area contributed by atoms with Gasteiger partial charge in [0.1, 0.15) is 5.69 Å². The highest BCUT2D eigenvalue weighted by Crippen LogP contribution is 2.11. The first-order valence-electron chi connectivity index (χ1n) is 4.58. The molecule has 0 aliphatic rings. The van der Waals surface area contributed by atoms with Crippen LogP contribution in [0.1, 0.15) is 24.3 Å². The Kier molecular flexibility index (Phi) is 2.99. The van der Waals surface area contributed by atoms with Gasteiger partial charge in [-0.05, 0) is 13.8 Å². The zero-order chi connectivity index (χ0) is 11.6. The van der Waals surface area contributed by atoms with Crippen molar-refractivity contribution >= 4 is 11.6 Å². The second kappa shape index (κ2) is 3.90. The fraction of sp³-hybridized carbons (Fsp3) is 0.556. The molecule has 0 atom stereocenters. The van der Waals surface area contributed by atoms with Crippen molar-refractivity contribution in [3.63, 3.8) is 0 Å². The van der Waals surface area contributed by atoms with E-state index in [1.807, 2.05) is 0 Å². The average Bonchev–Trinajstić information content (AvgIpc) is 2.45. The number of anilines is 1. The topological polar surface area (TPSA) is 93.2 Å². The SMILES string of the molecule is Cn1ncc(N)c1C(=O)NC(C)(C)CO. The van der Waals surface area contributed by atoms with Crippen LogP contribution >= 0.6 is 0 Å². The van der Waals surface area contributed by atoms with E-state index in [9.17, 15) is 4.79 Å². The molecule has 0 radical (unpaired) electrons. The predicted molar refractivity (Wildman–Crippen MR) is 56.3 cm³/mol. The van der Waals surface area contributed by atoms with Gasteiger partial charge in [-0.2, -0.15) is 5.10 Å². The zero-order valence-electron chi connectivity index (χ0n) is 9.11. The summed E-state index contributed by atoms with van der Waals surface area (Å²) in [5.74, 6) is -0.341. The number of carbonyl (C=O) groups is 1. The molecule has 1 heterocycles. The van der Waals surface area contributed by atoms with Crippen molar-refractivity contribution in [1.82, 2.24) is 15.1 Å². The Morgan fingerprint density at radius 2 is 2.33 bits per heavy atom. The Bertz CT molecular complexity index is 351. The summed E-state index contributed by atoms with van der Waals surface area (Å²) in [5.41, 5.74) is 5.55. The van der Waals surface area contributed by atoms with E-state index in [-0.39, 0.29) is 12.5 Å². The minimum Gasteiger partial charge on any atom is -0.396 e. The third-order valence-electron chi connectivity index (χ3n) is 2.03. The number of nitrogens with two attached hydrogens (primary N) is 1. The third-order valence-corrected chi connectivity index (χ3v) is 2.03. The van der Waals surface area contributed by atoms with Gasteiger partial charge in [-0.1, -0.05) is 0 Å². The van der Waals surface area contributed by atoms with Gasteiger partial charge >= 0.3 is 0 Å². The van der Waals surface area contributed by atoms with Crippen LogP contribution in [0.2, 0.25) is 0 Å². The number of aryl methyl sites for hydroxylation is 1. The molecule has 0 bridgehead atoms. The lowest BCUT2D eigenvalue weighted by molar-refractivity contribution is 0.0860. The first-order chi connectivity index (χ1) is 6.87. The lowest BCUT2D eigenvalue weighted by Gasteiger charge is -2.23. The number of rotatable bonds is 3. The first-order valence-corrected chi connectivity index (χ1v) is 4.58. The van der Waals surface area contributed by atoms with Gasteiger partial charge in [-0.25, -0.2) is 0 Å². The number of nitrogen functional groups attached to an aromatic ring is 1. The number of aliphatic hydroxyl groups excluding tert-OH is 1. The van der Waals surface area contributed by atoms with Crippen LogP contribution in [0.4, 0.5) is 5.69 Å². The molecule has 84 valence electrons. The average molecular weight is 212 g/mol. The Labute approximate surface area is 88.1 Å². The Morgan fingerprint density at radius 1 is 1.73 bits per heavy atom. The molecule has 0 aromatic carbocycles. The summed E-state index contributed by atoms with van der Waals surface area (Å²) < 4.78 is 1.40. The molecular weight excluding hydrogens is 196 g/mol. The summed E-state index contributed by atoms with van der Waals surface area (Å²) in [5, 5.41) is 15.5. The Hall–Kier alpha value is -1.56. The molecule has 6 heteroatoms. The van der Waals surface area contributed by atoms with Crippen LogP contribution < -0.4 is 11.1 Å². The summed E-state index contributed by atoms with van der Waals surface area (Å²) in [6.45, 7) is 3.30. The second-order valence-electron chi connectivity index (χ2n) is 4.07. The number of hydrogen-bond donors (Lipinski definition) is 3. The fourth-order valence-corrected chi connectivity index (χ4v) is 1.14. The molecule has 15 heavy (non-hydrogen) atoms. The van der Waals surface area contributed by atoms with Crippen molar-refractivity contribution < 1.29 is 9.90 Å². The summed E-state index contributed by atoms with van der Waals surface area (Å²) in [6.07, 6.45) is 1.42. The van der Waals surface area contributed by atoms with E-state index >= 15 is 0 Å². The third kappa shape index (κ3) is 2.47. The highest BCUT2D eigenvalue weighted by atomic mass is 16.3. The molecule has 0 saturated carbocycles. The maximum absolute atomic E-state index is 11.8. The minimum absolute atomic E-state index is 0.142. The number of amides is 1. The molecular formula is C9H16N4O2. The van der Waals surface area contributed by atoms with Crippen molar-refractivity contribution in [2.75, 3.05) is 12.3 Å². The molecule has 1 amide bonds. The van der Waals surface area contributed by atoms with Crippen molar-refractivity contribution in [3.05, 3.63) is 11.9 Å². The number of nitrogens with zero attached hydrogens (tertiary/aromatic N) is 2. The van der Waals surface area contributed by atoms with Crippen LogP contribution in [-0.2, 0) is 7.05 Å². The van der Waals surface area contributed by atoms with Crippen molar-refractivity contribution in [3.8, 4) is 0 Å². The lowest BCUT2D eigenvalue weighted by atomic mass is 10.1. The van der Waals surface area contributed by atoms with Gasteiger partial charge in [0.15, 0.2) is 0 Å². The van der Waals surface area contributed by atoms with Gasteiger partial charge in [-0.3, -0.25) is 9.48 Å². The molecule has 0 spiro atoms. The van der Waals surface area contributed by atoms with Crippen molar-refractivity contribution in [1.29, 1.82) is 0 Å². The highest BCUT2D eigenvalue weighted by molar-refractivity contribution is 5.97. The molecule has 0 fully saturated rings. The van der Waals surface area contributed by atoms with Crippen LogP contribution in [0.3, 0.4) is 0 Å². The Balaban J connectivity index is 2.87. The van der Waals surface area contributed by atoms with E-state index in [1.54, 1.807) is 20.9 Å². The van der Waals surface area contributed by atoms with Crippen LogP contribution in [0.25, 0.3) is 0 Å². The highest BCUT2D eigenvalue weighted by Gasteiger charge is 2.23. The molecule has 6 nitrogen and oxygen atoms in total. The van der Waals surface area contributed by atoms with E-state index in [0.29, 0.717) is 11.4 Å². The second-order valence-corrected chi connectivity index (χ2v) is 4.07. The predicted octanol–water partition coefficient (Wildman–Crippen LogP) is -0.497. The van der Waals surface area contributed by atoms with Gasteiger partial charge in [0.05, 0.1) is 24.0 Å². The maximum Gasteiger partial charge on any atom is 0.272 e. The molecule has 4 N–H and O–H groups in total. The van der Waals surface area contributed by atoms with E-state index < -0.39 is 5.54 Å². The fourth-order valence-electron chi connectivity index (χ4n) is 1.14. The summed E-state index contributed by atoms with van der Waals surface area (Å²) in [4.78, 5) is 11.8. The molecule has 0 unspecified atom stereocenters. The van der Waals surface area contributed by atoms with Crippen LogP contribution in [-0.4, -0.2) is 32.9 Å². The molecule has 1 aromatic heterocycles. The van der Waals surface area contributed by atoms with Crippen molar-refractivity contribution in [2.24, 2.45) is 7.05 Å². The van der Waals surface area contributed by atoms with Gasteiger partial charge in [0, 0.05) is 7.05 Å².